The molecule has 5 atom stereocenters. The Morgan fingerprint density at radius 1 is 1.00 bits per heavy atom. The summed E-state index contributed by atoms with van der Waals surface area (Å²) in [6, 6.07) is 7.98. The van der Waals surface area contributed by atoms with Crippen LogP contribution in [0, 0.1) is 29.6 Å². The summed E-state index contributed by atoms with van der Waals surface area (Å²) in [5.41, 5.74) is 1.55. The molecule has 1 aromatic heterocycles. The van der Waals surface area contributed by atoms with Gasteiger partial charge in [0.25, 0.3) is 0 Å². The number of allylic oxidation sites excluding steroid dienone is 1. The van der Waals surface area contributed by atoms with E-state index in [1.54, 1.807) is 11.1 Å². The van der Waals surface area contributed by atoms with Gasteiger partial charge in [0.15, 0.2) is 0 Å². The zero-order chi connectivity index (χ0) is 36.0. The van der Waals surface area contributed by atoms with Crippen molar-refractivity contribution in [2.24, 2.45) is 29.6 Å². The number of aromatic amines is 1. The Morgan fingerprint density at radius 2 is 1.70 bits per heavy atom. The van der Waals surface area contributed by atoms with E-state index in [1.165, 1.54) is 12.7 Å². The predicted molar refractivity (Wildman–Crippen MR) is 192 cm³/mol. The first-order valence-corrected chi connectivity index (χ1v) is 18.5. The molecule has 4 rings (SSSR count). The number of nitrogens with one attached hydrogen (secondary N) is 3. The summed E-state index contributed by atoms with van der Waals surface area (Å²) < 4.78 is 0. The quantitative estimate of drug-likeness (QED) is 0.142. The van der Waals surface area contributed by atoms with Gasteiger partial charge in [0.2, 0.25) is 17.7 Å². The SMILES string of the molecule is C=C[C@@H](C[C@@H](O)[C@H](CC1CCCCC1)NC(=O)[C@H](Cc1cnc[nH]1)NC(=O)[C@@H](CC(=O)N1CCC(C(=O)O)CC1)Cc1ccccc1)C(C)C. The molecule has 3 amide bonds. The van der Waals surface area contributed by atoms with Gasteiger partial charge in [-0.1, -0.05) is 82.4 Å². The van der Waals surface area contributed by atoms with Gasteiger partial charge < -0.3 is 30.7 Å². The number of carbonyl (C=O) groups excluding carboxylic acids is 3. The molecule has 0 radical (unpaired) electrons. The number of carboxylic acids is 1. The molecule has 0 spiro atoms. The Morgan fingerprint density at radius 3 is 2.30 bits per heavy atom. The van der Waals surface area contributed by atoms with E-state index in [4.69, 9.17) is 0 Å². The zero-order valence-corrected chi connectivity index (χ0v) is 29.8. The van der Waals surface area contributed by atoms with Gasteiger partial charge in [-0.15, -0.1) is 6.58 Å². The Bertz CT molecular complexity index is 1370. The van der Waals surface area contributed by atoms with Crippen molar-refractivity contribution in [2.75, 3.05) is 13.1 Å². The molecule has 1 aromatic carbocycles. The molecule has 1 aliphatic carbocycles. The molecule has 0 unspecified atom stereocenters. The van der Waals surface area contributed by atoms with E-state index < -0.39 is 47.8 Å². The lowest BCUT2D eigenvalue weighted by Crippen LogP contribution is -2.55. The number of amides is 3. The topological polar surface area (TPSA) is 165 Å². The van der Waals surface area contributed by atoms with E-state index in [0.717, 1.165) is 31.2 Å². The first kappa shape index (κ1) is 38.8. The average molecular weight is 692 g/mol. The van der Waals surface area contributed by atoms with Crippen molar-refractivity contribution in [3.63, 3.8) is 0 Å². The molecule has 0 bridgehead atoms. The number of carbonyl (C=O) groups is 4. The van der Waals surface area contributed by atoms with Gasteiger partial charge in [0.1, 0.15) is 6.04 Å². The summed E-state index contributed by atoms with van der Waals surface area (Å²) >= 11 is 0. The van der Waals surface area contributed by atoms with Crippen LogP contribution in [0.5, 0.6) is 0 Å². The van der Waals surface area contributed by atoms with E-state index in [-0.39, 0.29) is 30.6 Å². The minimum Gasteiger partial charge on any atom is -0.481 e. The van der Waals surface area contributed by atoms with Crippen LogP contribution in [0.25, 0.3) is 0 Å². The highest BCUT2D eigenvalue weighted by atomic mass is 16.4. The first-order valence-electron chi connectivity index (χ1n) is 18.5. The van der Waals surface area contributed by atoms with Crippen LogP contribution in [0.1, 0.15) is 89.3 Å². The van der Waals surface area contributed by atoms with Gasteiger partial charge in [-0.25, -0.2) is 4.98 Å². The van der Waals surface area contributed by atoms with E-state index in [0.29, 0.717) is 56.8 Å². The summed E-state index contributed by atoms with van der Waals surface area (Å²) in [4.78, 5) is 62.0. The molecule has 5 N–H and O–H groups in total. The number of likely N-dealkylation sites (tertiary alicyclic amines) is 1. The van der Waals surface area contributed by atoms with Gasteiger partial charge in [-0.05, 0) is 55.4 Å². The largest absolute Gasteiger partial charge is 0.481 e. The fraction of sp³-hybridized carbons (Fsp3) is 0.615. The lowest BCUT2D eigenvalue weighted by atomic mass is 9.81. The number of imidazole rings is 1. The Balaban J connectivity index is 1.53. The number of hydrogen-bond acceptors (Lipinski definition) is 6. The maximum atomic E-state index is 14.2. The number of nitrogens with zero attached hydrogens (tertiary/aromatic N) is 2. The molecule has 2 aliphatic rings. The number of aliphatic carboxylic acids is 1. The highest BCUT2D eigenvalue weighted by Gasteiger charge is 2.34. The van der Waals surface area contributed by atoms with E-state index in [2.05, 4.69) is 41.0 Å². The zero-order valence-electron chi connectivity index (χ0n) is 29.8. The van der Waals surface area contributed by atoms with Crippen LogP contribution < -0.4 is 10.6 Å². The van der Waals surface area contributed by atoms with Crippen LogP contribution in [0.3, 0.4) is 0 Å². The summed E-state index contributed by atoms with van der Waals surface area (Å²) in [5, 5.41) is 27.1. The smallest absolute Gasteiger partial charge is 0.306 e. The third kappa shape index (κ3) is 11.8. The number of H-pyrrole nitrogens is 1. The number of hydrogen-bond donors (Lipinski definition) is 5. The van der Waals surface area contributed by atoms with Crippen LogP contribution in [-0.2, 0) is 32.0 Å². The summed E-state index contributed by atoms with van der Waals surface area (Å²) in [7, 11) is 0. The summed E-state index contributed by atoms with van der Waals surface area (Å²) in [5.74, 6) is -2.35. The highest BCUT2D eigenvalue weighted by molar-refractivity contribution is 5.91. The number of aliphatic hydroxyl groups excluding tert-OH is 1. The summed E-state index contributed by atoms with van der Waals surface area (Å²) in [6.07, 6.45) is 12.1. The molecule has 2 aromatic rings. The molecule has 1 aliphatic heterocycles. The van der Waals surface area contributed by atoms with Gasteiger partial charge in [-0.3, -0.25) is 19.2 Å². The number of rotatable bonds is 18. The van der Waals surface area contributed by atoms with Crippen molar-refractivity contribution in [1.29, 1.82) is 0 Å². The van der Waals surface area contributed by atoms with Crippen LogP contribution >= 0.6 is 0 Å². The number of piperidine rings is 1. The van der Waals surface area contributed by atoms with Crippen LogP contribution in [0.15, 0.2) is 55.5 Å². The molecule has 274 valence electrons. The van der Waals surface area contributed by atoms with Gasteiger partial charge >= 0.3 is 5.97 Å². The van der Waals surface area contributed by atoms with Crippen molar-refractivity contribution < 1.29 is 29.4 Å². The average Bonchev–Trinajstić information content (AvgIpc) is 3.63. The molecule has 1 saturated heterocycles. The van der Waals surface area contributed by atoms with Crippen molar-refractivity contribution in [3.8, 4) is 0 Å². The highest BCUT2D eigenvalue weighted by Crippen LogP contribution is 2.30. The van der Waals surface area contributed by atoms with E-state index in [1.807, 2.05) is 36.4 Å². The maximum Gasteiger partial charge on any atom is 0.306 e. The molecule has 11 heteroatoms. The minimum atomic E-state index is -0.982. The predicted octanol–water partition coefficient (Wildman–Crippen LogP) is 4.67. The number of aliphatic hydroxyl groups is 1. The monoisotopic (exact) mass is 691 g/mol. The van der Waals surface area contributed by atoms with Crippen LogP contribution in [-0.4, -0.2) is 80.0 Å². The van der Waals surface area contributed by atoms with Crippen molar-refractivity contribution in [3.05, 3.63) is 66.8 Å². The van der Waals surface area contributed by atoms with Crippen molar-refractivity contribution in [2.45, 2.75) is 109 Å². The molecule has 1 saturated carbocycles. The number of carboxylic acid groups (broad SMARTS) is 1. The molecule has 2 fully saturated rings. The molecular formula is C39H57N5O6. The summed E-state index contributed by atoms with van der Waals surface area (Å²) in [6.45, 7) is 8.82. The third-order valence-corrected chi connectivity index (χ3v) is 10.7. The molecule has 2 heterocycles. The van der Waals surface area contributed by atoms with Crippen molar-refractivity contribution >= 4 is 23.7 Å². The van der Waals surface area contributed by atoms with Gasteiger partial charge in [0, 0.05) is 37.8 Å². The van der Waals surface area contributed by atoms with Crippen LogP contribution in [0.4, 0.5) is 0 Å². The minimum absolute atomic E-state index is 0.0714. The molecular weight excluding hydrogens is 634 g/mol. The fourth-order valence-electron chi connectivity index (χ4n) is 7.45. The molecule has 11 nitrogen and oxygen atoms in total. The second-order valence-electron chi connectivity index (χ2n) is 14.7. The van der Waals surface area contributed by atoms with Gasteiger partial charge in [-0.2, -0.15) is 0 Å². The Kier molecular flexibility index (Phi) is 15.1. The second kappa shape index (κ2) is 19.4. The van der Waals surface area contributed by atoms with E-state index >= 15 is 0 Å². The first-order chi connectivity index (χ1) is 24.0. The third-order valence-electron chi connectivity index (χ3n) is 10.7. The second-order valence-corrected chi connectivity index (χ2v) is 14.7. The molecule has 50 heavy (non-hydrogen) atoms. The lowest BCUT2D eigenvalue weighted by Gasteiger charge is -2.33. The Hall–Kier alpha value is -3.99. The van der Waals surface area contributed by atoms with Gasteiger partial charge in [0.05, 0.1) is 30.3 Å². The standard InChI is InChI=1S/C39H57N5O6/c1-4-29(26(2)3)21-35(45)33(20-28-13-9-6-10-14-28)42-38(48)34(23-32-24-40-25-41-32)43-37(47)31(19-27-11-7-5-8-12-27)22-36(46)44-17-15-30(16-18-44)39(49)50/h4-5,7-8,11-12,24-26,28-31,33-35,45H,1,6,9-10,13-23H2,2-3H3,(H,40,41)(H,42,48)(H,43,47)(H,49,50)/t29-,31+,33-,34-,35+/m0/s1. The van der Waals surface area contributed by atoms with Crippen LogP contribution in [0.2, 0.25) is 0 Å². The number of benzene rings is 1. The number of aromatic nitrogens is 2. The maximum absolute atomic E-state index is 14.2. The lowest BCUT2D eigenvalue weighted by molar-refractivity contribution is -0.146. The van der Waals surface area contributed by atoms with E-state index in [9.17, 15) is 29.4 Å². The fourth-order valence-corrected chi connectivity index (χ4v) is 7.45. The van der Waals surface area contributed by atoms with Crippen molar-refractivity contribution in [1.82, 2.24) is 25.5 Å². The normalized spacial score (nSPS) is 18.8. The Labute approximate surface area is 296 Å².